The molecule has 0 saturated carbocycles. The van der Waals surface area contributed by atoms with E-state index >= 15 is 0 Å². The number of thiophene rings is 1. The minimum Gasteiger partial charge on any atom is -0.497 e. The summed E-state index contributed by atoms with van der Waals surface area (Å²) in [5.41, 5.74) is 3.24. The maximum atomic E-state index is 13.7. The Morgan fingerprint density at radius 2 is 1.48 bits per heavy atom. The molecule has 0 spiro atoms. The van der Waals surface area contributed by atoms with Crippen LogP contribution in [0.3, 0.4) is 0 Å². The summed E-state index contributed by atoms with van der Waals surface area (Å²) in [5, 5.41) is 1.00. The summed E-state index contributed by atoms with van der Waals surface area (Å²) in [6, 6.07) is 16.3. The maximum absolute atomic E-state index is 13.7. The minimum atomic E-state index is 0.0791. The Hall–Kier alpha value is -4.05. The lowest BCUT2D eigenvalue weighted by Gasteiger charge is -2.37. The molecule has 0 unspecified atom stereocenters. The lowest BCUT2D eigenvalue weighted by atomic mass is 10.1. The molecule has 9 nitrogen and oxygen atoms in total. The second-order valence-electron chi connectivity index (χ2n) is 10.1. The molecule has 208 valence electrons. The van der Waals surface area contributed by atoms with E-state index in [1.165, 1.54) is 17.0 Å². The zero-order valence-electron chi connectivity index (χ0n) is 23.2. The molecule has 0 N–H and O–H groups in total. The molecule has 2 fully saturated rings. The first kappa shape index (κ1) is 26.2. The van der Waals surface area contributed by atoms with Crippen molar-refractivity contribution in [1.82, 2.24) is 14.9 Å². The number of methoxy groups -OCH3 is 2. The molecule has 10 heteroatoms. The highest BCUT2D eigenvalue weighted by molar-refractivity contribution is 7.20. The van der Waals surface area contributed by atoms with Crippen LogP contribution < -0.4 is 24.2 Å². The monoisotopic (exact) mass is 558 g/mol. The Balaban J connectivity index is 1.16. The summed E-state index contributed by atoms with van der Waals surface area (Å²) in [5.74, 6) is 2.73. The molecule has 1 amide bonds. The number of para-hydroxylation sites is 2. The smallest absolute Gasteiger partial charge is 0.264 e. The summed E-state index contributed by atoms with van der Waals surface area (Å²) in [4.78, 5) is 33.6. The Kier molecular flexibility index (Phi) is 7.34. The number of fused-ring (bicyclic) bond motifs is 1. The normalized spacial score (nSPS) is 16.0. The van der Waals surface area contributed by atoms with E-state index in [1.54, 1.807) is 20.5 Å². The number of aryl methyl sites for hydroxylation is 1. The van der Waals surface area contributed by atoms with Gasteiger partial charge in [0.05, 0.1) is 30.2 Å². The van der Waals surface area contributed by atoms with Crippen LogP contribution in [0.15, 0.2) is 54.9 Å². The molecule has 0 bridgehead atoms. The number of aromatic nitrogens is 2. The highest BCUT2D eigenvalue weighted by Crippen LogP contribution is 2.36. The topological polar surface area (TPSA) is 74.3 Å². The first-order valence-electron chi connectivity index (χ1n) is 13.6. The van der Waals surface area contributed by atoms with Crippen molar-refractivity contribution in [2.45, 2.75) is 6.92 Å². The Labute approximate surface area is 238 Å². The van der Waals surface area contributed by atoms with E-state index in [2.05, 4.69) is 37.9 Å². The molecular formula is C30H34N6O3S. The van der Waals surface area contributed by atoms with Crippen LogP contribution in [-0.4, -0.2) is 87.4 Å². The highest BCUT2D eigenvalue weighted by Gasteiger charge is 2.29. The summed E-state index contributed by atoms with van der Waals surface area (Å²) in [6.45, 7) is 8.37. The van der Waals surface area contributed by atoms with Gasteiger partial charge in [-0.05, 0) is 48.9 Å². The predicted octanol–water partition coefficient (Wildman–Crippen LogP) is 4.31. The Morgan fingerprint density at radius 1 is 0.800 bits per heavy atom. The van der Waals surface area contributed by atoms with Gasteiger partial charge in [0.1, 0.15) is 28.5 Å². The zero-order chi connectivity index (χ0) is 27.6. The SMILES string of the molecule is COc1ccc(N2CCN(c3ncnc4sc(C(=O)N5CCN(c6ccccc6OC)CC5)c(C)c34)CC2)cc1. The number of rotatable bonds is 6. The van der Waals surface area contributed by atoms with Crippen molar-refractivity contribution < 1.29 is 14.3 Å². The van der Waals surface area contributed by atoms with Gasteiger partial charge in [-0.15, -0.1) is 11.3 Å². The van der Waals surface area contributed by atoms with Crippen LogP contribution in [0.2, 0.25) is 0 Å². The molecule has 2 aromatic carbocycles. The van der Waals surface area contributed by atoms with Crippen molar-refractivity contribution in [3.05, 3.63) is 65.3 Å². The quantitative estimate of drug-likeness (QED) is 0.347. The van der Waals surface area contributed by atoms with Crippen molar-refractivity contribution >= 4 is 44.7 Å². The van der Waals surface area contributed by atoms with E-state index < -0.39 is 0 Å². The number of piperazine rings is 2. The third-order valence-electron chi connectivity index (χ3n) is 7.91. The number of carbonyl (C=O) groups is 1. The number of hydrogen-bond donors (Lipinski definition) is 0. The molecule has 2 aliphatic heterocycles. The number of nitrogens with zero attached hydrogens (tertiary/aromatic N) is 6. The van der Waals surface area contributed by atoms with Crippen molar-refractivity contribution in [3.8, 4) is 11.5 Å². The van der Waals surface area contributed by atoms with Crippen LogP contribution in [0, 0.1) is 6.92 Å². The van der Waals surface area contributed by atoms with Crippen molar-refractivity contribution in [2.24, 2.45) is 0 Å². The molecule has 0 atom stereocenters. The van der Waals surface area contributed by atoms with E-state index in [0.29, 0.717) is 13.1 Å². The molecule has 40 heavy (non-hydrogen) atoms. The Bertz CT molecular complexity index is 1490. The molecule has 4 heterocycles. The van der Waals surface area contributed by atoms with Gasteiger partial charge in [-0.3, -0.25) is 4.79 Å². The van der Waals surface area contributed by atoms with Crippen molar-refractivity contribution in [2.75, 3.05) is 81.3 Å². The van der Waals surface area contributed by atoms with Gasteiger partial charge in [-0.1, -0.05) is 12.1 Å². The molecule has 2 aliphatic rings. The molecule has 0 aliphatic carbocycles. The van der Waals surface area contributed by atoms with Crippen LogP contribution >= 0.6 is 11.3 Å². The van der Waals surface area contributed by atoms with Gasteiger partial charge < -0.3 is 29.1 Å². The molecular weight excluding hydrogens is 524 g/mol. The Morgan fingerprint density at radius 3 is 2.17 bits per heavy atom. The molecule has 2 saturated heterocycles. The van der Waals surface area contributed by atoms with Crippen molar-refractivity contribution in [1.29, 1.82) is 0 Å². The van der Waals surface area contributed by atoms with E-state index in [1.807, 2.05) is 42.2 Å². The molecule has 2 aromatic heterocycles. The van der Waals surface area contributed by atoms with E-state index in [-0.39, 0.29) is 5.91 Å². The van der Waals surface area contributed by atoms with Gasteiger partial charge in [0.25, 0.3) is 5.91 Å². The predicted molar refractivity (Wildman–Crippen MR) is 161 cm³/mol. The first-order chi connectivity index (χ1) is 19.6. The number of anilines is 3. The number of hydrogen-bond acceptors (Lipinski definition) is 9. The average molecular weight is 559 g/mol. The summed E-state index contributed by atoms with van der Waals surface area (Å²) < 4.78 is 10.8. The largest absolute Gasteiger partial charge is 0.497 e. The summed E-state index contributed by atoms with van der Waals surface area (Å²) in [6.07, 6.45) is 1.63. The lowest BCUT2D eigenvalue weighted by molar-refractivity contribution is 0.0751. The van der Waals surface area contributed by atoms with Gasteiger partial charge in [-0.2, -0.15) is 0 Å². The molecule has 0 radical (unpaired) electrons. The van der Waals surface area contributed by atoms with Crippen LogP contribution in [0.25, 0.3) is 10.2 Å². The van der Waals surface area contributed by atoms with Crippen LogP contribution in [-0.2, 0) is 0 Å². The third-order valence-corrected chi connectivity index (χ3v) is 9.10. The standard InChI is InChI=1S/C30H34N6O3S/c1-21-26-28(35-16-12-33(13-17-35)22-8-10-23(38-2)11-9-22)31-20-32-29(26)40-27(21)30(37)36-18-14-34(15-19-36)24-6-4-5-7-25(24)39-3/h4-11,20H,12-19H2,1-3H3. The number of amides is 1. The third kappa shape index (κ3) is 4.88. The van der Waals surface area contributed by atoms with Crippen LogP contribution in [0.5, 0.6) is 11.5 Å². The average Bonchev–Trinajstić information content (AvgIpc) is 3.37. The second kappa shape index (κ2) is 11.2. The fourth-order valence-corrected chi connectivity index (χ4v) is 6.76. The van der Waals surface area contributed by atoms with Gasteiger partial charge in [-0.25, -0.2) is 9.97 Å². The van der Waals surface area contributed by atoms with Gasteiger partial charge in [0.2, 0.25) is 0 Å². The summed E-state index contributed by atoms with van der Waals surface area (Å²) in [7, 11) is 3.38. The number of ether oxygens (including phenoxy) is 2. The van der Waals surface area contributed by atoms with E-state index in [9.17, 15) is 4.79 Å². The zero-order valence-corrected chi connectivity index (χ0v) is 24.0. The number of benzene rings is 2. The fourth-order valence-electron chi connectivity index (χ4n) is 5.65. The van der Waals surface area contributed by atoms with Crippen LogP contribution in [0.1, 0.15) is 15.2 Å². The van der Waals surface area contributed by atoms with E-state index in [4.69, 9.17) is 14.5 Å². The van der Waals surface area contributed by atoms with Crippen molar-refractivity contribution in [3.63, 3.8) is 0 Å². The molecule has 6 rings (SSSR count). The highest BCUT2D eigenvalue weighted by atomic mass is 32.1. The van der Waals surface area contributed by atoms with Crippen LogP contribution in [0.4, 0.5) is 17.2 Å². The molecule has 4 aromatic rings. The van der Waals surface area contributed by atoms with E-state index in [0.717, 1.165) is 82.9 Å². The maximum Gasteiger partial charge on any atom is 0.264 e. The van der Waals surface area contributed by atoms with Gasteiger partial charge >= 0.3 is 0 Å². The minimum absolute atomic E-state index is 0.0791. The lowest BCUT2D eigenvalue weighted by Crippen LogP contribution is -2.48. The first-order valence-corrected chi connectivity index (χ1v) is 14.4. The second-order valence-corrected chi connectivity index (χ2v) is 11.1. The van der Waals surface area contributed by atoms with Gasteiger partial charge in [0.15, 0.2) is 0 Å². The van der Waals surface area contributed by atoms with Gasteiger partial charge in [0, 0.05) is 58.0 Å². The fraction of sp³-hybridized carbons (Fsp3) is 0.367. The number of carbonyl (C=O) groups excluding carboxylic acids is 1. The summed E-state index contributed by atoms with van der Waals surface area (Å²) >= 11 is 1.48.